The van der Waals surface area contributed by atoms with Crippen molar-refractivity contribution in [3.63, 3.8) is 0 Å². The van der Waals surface area contributed by atoms with Crippen LogP contribution in [0.2, 0.25) is 0 Å². The van der Waals surface area contributed by atoms with Gasteiger partial charge < -0.3 is 10.2 Å². The van der Waals surface area contributed by atoms with Gasteiger partial charge in [-0.25, -0.2) is 4.98 Å². The van der Waals surface area contributed by atoms with Gasteiger partial charge in [0.1, 0.15) is 5.82 Å². The van der Waals surface area contributed by atoms with E-state index in [4.69, 9.17) is 10.2 Å². The van der Waals surface area contributed by atoms with E-state index in [9.17, 15) is 4.79 Å². The van der Waals surface area contributed by atoms with Crippen molar-refractivity contribution in [2.45, 2.75) is 6.54 Å². The molecule has 0 spiro atoms. The van der Waals surface area contributed by atoms with Gasteiger partial charge in [-0.05, 0) is 12.1 Å². The lowest BCUT2D eigenvalue weighted by molar-refractivity contribution is 0.152. The van der Waals surface area contributed by atoms with Gasteiger partial charge in [-0.1, -0.05) is 12.1 Å². The molecule has 2 rings (SSSR count). The highest BCUT2D eigenvalue weighted by atomic mass is 16.3. The van der Waals surface area contributed by atoms with Crippen LogP contribution in [0.15, 0.2) is 29.1 Å². The average Bonchev–Trinajstić information content (AvgIpc) is 2.45. The summed E-state index contributed by atoms with van der Waals surface area (Å²) >= 11 is 0. The summed E-state index contributed by atoms with van der Waals surface area (Å²) in [6.07, 6.45) is 0. The first-order chi connectivity index (χ1) is 9.67. The van der Waals surface area contributed by atoms with E-state index in [2.05, 4.69) is 4.98 Å². The van der Waals surface area contributed by atoms with Gasteiger partial charge in [0.15, 0.2) is 0 Å². The third-order valence-electron chi connectivity index (χ3n) is 3.27. The van der Waals surface area contributed by atoms with Crippen molar-refractivity contribution >= 4 is 10.9 Å². The smallest absolute Gasteiger partial charge is 0.261 e. The molecule has 0 bridgehead atoms. The number of aliphatic hydroxyl groups excluding tert-OH is 2. The molecule has 0 atom stereocenters. The Balaban J connectivity index is 2.38. The molecule has 20 heavy (non-hydrogen) atoms. The molecule has 2 aromatic rings. The van der Waals surface area contributed by atoms with Gasteiger partial charge in [-0.15, -0.1) is 0 Å². The largest absolute Gasteiger partial charge is 0.395 e. The van der Waals surface area contributed by atoms with Crippen molar-refractivity contribution < 1.29 is 10.2 Å². The summed E-state index contributed by atoms with van der Waals surface area (Å²) in [6.45, 7) is 1.28. The van der Waals surface area contributed by atoms with Crippen LogP contribution in [0.5, 0.6) is 0 Å². The van der Waals surface area contributed by atoms with Crippen molar-refractivity contribution in [3.05, 3.63) is 40.4 Å². The zero-order valence-electron chi connectivity index (χ0n) is 11.5. The number of fused-ring (bicyclic) bond motifs is 1. The Morgan fingerprint density at radius 2 is 1.85 bits per heavy atom. The van der Waals surface area contributed by atoms with Crippen LogP contribution in [-0.2, 0) is 13.6 Å². The van der Waals surface area contributed by atoms with E-state index in [-0.39, 0.29) is 18.8 Å². The fourth-order valence-electron chi connectivity index (χ4n) is 2.16. The summed E-state index contributed by atoms with van der Waals surface area (Å²) in [6, 6.07) is 7.23. The van der Waals surface area contributed by atoms with E-state index in [0.29, 0.717) is 36.4 Å². The second-order valence-electron chi connectivity index (χ2n) is 4.63. The second kappa shape index (κ2) is 6.60. The van der Waals surface area contributed by atoms with Crippen LogP contribution in [0.3, 0.4) is 0 Å². The molecular formula is C14H19N3O3. The van der Waals surface area contributed by atoms with Gasteiger partial charge in [-0.3, -0.25) is 14.3 Å². The molecule has 0 amide bonds. The van der Waals surface area contributed by atoms with E-state index in [1.165, 1.54) is 4.57 Å². The maximum Gasteiger partial charge on any atom is 0.261 e. The van der Waals surface area contributed by atoms with Crippen molar-refractivity contribution in [1.82, 2.24) is 14.5 Å². The topological polar surface area (TPSA) is 78.6 Å². The van der Waals surface area contributed by atoms with Gasteiger partial charge in [0.25, 0.3) is 5.56 Å². The third kappa shape index (κ3) is 3.04. The Hall–Kier alpha value is -1.76. The first kappa shape index (κ1) is 14.6. The van der Waals surface area contributed by atoms with E-state index in [1.807, 2.05) is 23.1 Å². The Morgan fingerprint density at radius 1 is 1.20 bits per heavy atom. The minimum atomic E-state index is -0.0847. The van der Waals surface area contributed by atoms with Crippen LogP contribution >= 0.6 is 0 Å². The Bertz CT molecular complexity index is 633. The summed E-state index contributed by atoms with van der Waals surface area (Å²) < 4.78 is 1.52. The molecule has 1 heterocycles. The van der Waals surface area contributed by atoms with Crippen molar-refractivity contribution in [1.29, 1.82) is 0 Å². The first-order valence-corrected chi connectivity index (χ1v) is 6.56. The maximum absolute atomic E-state index is 12.3. The lowest BCUT2D eigenvalue weighted by Gasteiger charge is -2.21. The van der Waals surface area contributed by atoms with E-state index >= 15 is 0 Å². The normalized spacial score (nSPS) is 11.4. The zero-order chi connectivity index (χ0) is 14.5. The quantitative estimate of drug-likeness (QED) is 0.759. The molecule has 108 valence electrons. The van der Waals surface area contributed by atoms with Crippen LogP contribution in [-0.4, -0.2) is 51.0 Å². The molecule has 6 nitrogen and oxygen atoms in total. The summed E-state index contributed by atoms with van der Waals surface area (Å²) in [4.78, 5) is 18.6. The van der Waals surface area contributed by atoms with Crippen LogP contribution in [0.25, 0.3) is 10.9 Å². The average molecular weight is 277 g/mol. The molecule has 1 aromatic carbocycles. The van der Waals surface area contributed by atoms with Crippen molar-refractivity contribution in [3.8, 4) is 0 Å². The fraction of sp³-hybridized carbons (Fsp3) is 0.429. The molecule has 0 fully saturated rings. The molecule has 0 saturated heterocycles. The number of hydrogen-bond donors (Lipinski definition) is 2. The Morgan fingerprint density at radius 3 is 2.50 bits per heavy atom. The number of hydrogen-bond acceptors (Lipinski definition) is 5. The number of rotatable bonds is 6. The molecule has 2 N–H and O–H groups in total. The second-order valence-corrected chi connectivity index (χ2v) is 4.63. The number of benzene rings is 1. The highest BCUT2D eigenvalue weighted by Crippen LogP contribution is 2.08. The fourth-order valence-corrected chi connectivity index (χ4v) is 2.16. The number of para-hydroxylation sites is 1. The molecular weight excluding hydrogens is 258 g/mol. The molecule has 0 aliphatic carbocycles. The standard InChI is InChI=1S/C14H19N3O3/c1-16-13(10-17(6-8-18)7-9-19)15-12-5-3-2-4-11(12)14(16)20/h2-5,18-19H,6-10H2,1H3. The van der Waals surface area contributed by atoms with Crippen LogP contribution in [0.1, 0.15) is 5.82 Å². The van der Waals surface area contributed by atoms with Crippen molar-refractivity contribution in [2.75, 3.05) is 26.3 Å². The van der Waals surface area contributed by atoms with Crippen LogP contribution in [0, 0.1) is 0 Å². The van der Waals surface area contributed by atoms with Gasteiger partial charge >= 0.3 is 0 Å². The van der Waals surface area contributed by atoms with E-state index < -0.39 is 0 Å². The molecule has 0 unspecified atom stereocenters. The third-order valence-corrected chi connectivity index (χ3v) is 3.27. The maximum atomic E-state index is 12.3. The van der Waals surface area contributed by atoms with Gasteiger partial charge in [0.2, 0.25) is 0 Å². The molecule has 0 aliphatic heterocycles. The molecule has 0 aliphatic rings. The summed E-state index contributed by atoms with van der Waals surface area (Å²) in [5, 5.41) is 18.6. The summed E-state index contributed by atoms with van der Waals surface area (Å²) in [7, 11) is 1.69. The number of nitrogens with zero attached hydrogens (tertiary/aromatic N) is 3. The predicted molar refractivity (Wildman–Crippen MR) is 76.4 cm³/mol. The minimum absolute atomic E-state index is 0.00152. The SMILES string of the molecule is Cn1c(CN(CCO)CCO)nc2ccccc2c1=O. The molecule has 0 saturated carbocycles. The molecule has 1 aromatic heterocycles. The first-order valence-electron chi connectivity index (χ1n) is 6.56. The highest BCUT2D eigenvalue weighted by Gasteiger charge is 2.11. The minimum Gasteiger partial charge on any atom is -0.395 e. The molecule has 0 radical (unpaired) electrons. The Labute approximate surface area is 116 Å². The Kier molecular flexibility index (Phi) is 4.84. The van der Waals surface area contributed by atoms with E-state index in [0.717, 1.165) is 0 Å². The van der Waals surface area contributed by atoms with E-state index in [1.54, 1.807) is 13.1 Å². The summed E-state index contributed by atoms with van der Waals surface area (Å²) in [5.74, 6) is 0.621. The number of aromatic nitrogens is 2. The summed E-state index contributed by atoms with van der Waals surface area (Å²) in [5.41, 5.74) is 0.581. The monoisotopic (exact) mass is 277 g/mol. The van der Waals surface area contributed by atoms with Crippen LogP contribution in [0.4, 0.5) is 0 Å². The lowest BCUT2D eigenvalue weighted by Crippen LogP contribution is -2.33. The van der Waals surface area contributed by atoms with Gasteiger partial charge in [0, 0.05) is 20.1 Å². The van der Waals surface area contributed by atoms with Crippen molar-refractivity contribution in [2.24, 2.45) is 7.05 Å². The predicted octanol–water partition coefficient (Wildman–Crippen LogP) is -0.280. The van der Waals surface area contributed by atoms with Gasteiger partial charge in [0.05, 0.1) is 30.7 Å². The van der Waals surface area contributed by atoms with Crippen LogP contribution < -0.4 is 5.56 Å². The lowest BCUT2D eigenvalue weighted by atomic mass is 10.2. The highest BCUT2D eigenvalue weighted by molar-refractivity contribution is 5.77. The zero-order valence-corrected chi connectivity index (χ0v) is 11.5. The molecule has 6 heteroatoms. The van der Waals surface area contributed by atoms with Gasteiger partial charge in [-0.2, -0.15) is 0 Å². The number of aliphatic hydroxyl groups is 2.